The molecule has 5 heteroatoms. The lowest BCUT2D eigenvalue weighted by Crippen LogP contribution is -2.24. The predicted octanol–water partition coefficient (Wildman–Crippen LogP) is 3.58. The number of halogens is 1. The van der Waals surface area contributed by atoms with Gasteiger partial charge >= 0.3 is 5.97 Å². The van der Waals surface area contributed by atoms with Gasteiger partial charge in [0.05, 0.1) is 18.1 Å². The van der Waals surface area contributed by atoms with Gasteiger partial charge in [0.1, 0.15) is 11.9 Å². The van der Waals surface area contributed by atoms with E-state index < -0.39 is 0 Å². The highest BCUT2D eigenvalue weighted by Crippen LogP contribution is 2.27. The molecule has 0 spiro atoms. The Bertz CT molecular complexity index is 622. The molecule has 4 nitrogen and oxygen atoms in total. The Labute approximate surface area is 130 Å². The van der Waals surface area contributed by atoms with E-state index in [0.29, 0.717) is 24.6 Å². The van der Waals surface area contributed by atoms with Crippen molar-refractivity contribution in [2.24, 2.45) is 5.92 Å². The van der Waals surface area contributed by atoms with Crippen LogP contribution < -0.4 is 0 Å². The van der Waals surface area contributed by atoms with Crippen molar-refractivity contribution in [3.8, 4) is 0 Å². The van der Waals surface area contributed by atoms with Crippen LogP contribution in [0.25, 0.3) is 11.0 Å². The SMILES string of the molecule is COC(=O)C(CC(C)C)n1c(CCCl)nc2ccccc21. The summed E-state index contributed by atoms with van der Waals surface area (Å²) in [4.78, 5) is 16.9. The summed E-state index contributed by atoms with van der Waals surface area (Å²) in [6, 6.07) is 7.47. The summed E-state index contributed by atoms with van der Waals surface area (Å²) < 4.78 is 6.99. The number of carbonyl (C=O) groups excluding carboxylic acids is 1. The van der Waals surface area contributed by atoms with Crippen LogP contribution in [-0.4, -0.2) is 28.5 Å². The maximum absolute atomic E-state index is 12.2. The van der Waals surface area contributed by atoms with E-state index in [1.165, 1.54) is 7.11 Å². The Morgan fingerprint density at radius 2 is 2.10 bits per heavy atom. The molecule has 0 saturated heterocycles. The number of methoxy groups -OCH3 is 1. The maximum Gasteiger partial charge on any atom is 0.328 e. The number of benzene rings is 1. The number of aryl methyl sites for hydroxylation is 1. The number of hydrogen-bond acceptors (Lipinski definition) is 3. The van der Waals surface area contributed by atoms with Gasteiger partial charge in [0, 0.05) is 12.3 Å². The summed E-state index contributed by atoms with van der Waals surface area (Å²) >= 11 is 5.89. The Balaban J connectivity index is 2.58. The number of para-hydroxylation sites is 2. The van der Waals surface area contributed by atoms with Gasteiger partial charge in [0.25, 0.3) is 0 Å². The number of aromatic nitrogens is 2. The van der Waals surface area contributed by atoms with Gasteiger partial charge in [-0.2, -0.15) is 0 Å². The van der Waals surface area contributed by atoms with E-state index in [9.17, 15) is 4.79 Å². The highest BCUT2D eigenvalue weighted by Gasteiger charge is 2.26. The van der Waals surface area contributed by atoms with E-state index in [0.717, 1.165) is 16.9 Å². The van der Waals surface area contributed by atoms with E-state index in [1.54, 1.807) is 0 Å². The Kier molecular flexibility index (Phi) is 5.23. The number of nitrogens with zero attached hydrogens (tertiary/aromatic N) is 2. The van der Waals surface area contributed by atoms with Crippen molar-refractivity contribution in [3.05, 3.63) is 30.1 Å². The van der Waals surface area contributed by atoms with Crippen LogP contribution in [0.3, 0.4) is 0 Å². The molecule has 0 aliphatic heterocycles. The minimum Gasteiger partial charge on any atom is -0.467 e. The average Bonchev–Trinajstić information content (AvgIpc) is 2.82. The van der Waals surface area contributed by atoms with E-state index in [4.69, 9.17) is 16.3 Å². The van der Waals surface area contributed by atoms with Gasteiger partial charge in [0.15, 0.2) is 0 Å². The van der Waals surface area contributed by atoms with Crippen LogP contribution in [0.15, 0.2) is 24.3 Å². The summed E-state index contributed by atoms with van der Waals surface area (Å²) in [6.07, 6.45) is 1.34. The van der Waals surface area contributed by atoms with Crippen LogP contribution in [-0.2, 0) is 16.0 Å². The third kappa shape index (κ3) is 3.38. The Hall–Kier alpha value is -1.55. The standard InChI is InChI=1S/C16H21ClN2O2/c1-11(2)10-14(16(20)21-3)19-13-7-5-4-6-12(13)18-15(19)8-9-17/h4-7,11,14H,8-10H2,1-3H3. The predicted molar refractivity (Wildman–Crippen MR) is 84.7 cm³/mol. The van der Waals surface area contributed by atoms with Crippen LogP contribution >= 0.6 is 11.6 Å². The van der Waals surface area contributed by atoms with E-state index >= 15 is 0 Å². The normalized spacial score (nSPS) is 12.8. The summed E-state index contributed by atoms with van der Waals surface area (Å²) in [5.41, 5.74) is 1.84. The molecule has 1 aromatic heterocycles. The number of ether oxygens (including phenoxy) is 1. The van der Waals surface area contributed by atoms with Gasteiger partial charge in [-0.15, -0.1) is 11.6 Å². The molecule has 0 fully saturated rings. The van der Waals surface area contributed by atoms with Gasteiger partial charge in [-0.1, -0.05) is 26.0 Å². The lowest BCUT2D eigenvalue weighted by atomic mass is 10.0. The molecule has 0 N–H and O–H groups in total. The number of esters is 1. The zero-order chi connectivity index (χ0) is 15.4. The number of alkyl halides is 1. The van der Waals surface area contributed by atoms with Crippen LogP contribution in [0.5, 0.6) is 0 Å². The Morgan fingerprint density at radius 3 is 2.71 bits per heavy atom. The lowest BCUT2D eigenvalue weighted by Gasteiger charge is -2.21. The molecular weight excluding hydrogens is 288 g/mol. The van der Waals surface area contributed by atoms with Crippen LogP contribution in [0.2, 0.25) is 0 Å². The average molecular weight is 309 g/mol. The van der Waals surface area contributed by atoms with E-state index in [2.05, 4.69) is 18.8 Å². The molecule has 0 aliphatic carbocycles. The fraction of sp³-hybridized carbons (Fsp3) is 0.500. The van der Waals surface area contributed by atoms with Crippen molar-refractivity contribution in [3.63, 3.8) is 0 Å². The topological polar surface area (TPSA) is 44.1 Å². The van der Waals surface area contributed by atoms with Crippen molar-refractivity contribution in [1.82, 2.24) is 9.55 Å². The van der Waals surface area contributed by atoms with Crippen molar-refractivity contribution < 1.29 is 9.53 Å². The lowest BCUT2D eigenvalue weighted by molar-refractivity contribution is -0.145. The van der Waals surface area contributed by atoms with Crippen molar-refractivity contribution in [1.29, 1.82) is 0 Å². The molecule has 1 unspecified atom stereocenters. The van der Waals surface area contributed by atoms with Crippen LogP contribution in [0.4, 0.5) is 0 Å². The number of hydrogen-bond donors (Lipinski definition) is 0. The monoisotopic (exact) mass is 308 g/mol. The van der Waals surface area contributed by atoms with Gasteiger partial charge in [-0.05, 0) is 24.5 Å². The van der Waals surface area contributed by atoms with Gasteiger partial charge < -0.3 is 9.30 Å². The minimum atomic E-state index is -0.361. The number of imidazole rings is 1. The highest BCUT2D eigenvalue weighted by atomic mass is 35.5. The molecule has 1 heterocycles. The van der Waals surface area contributed by atoms with Gasteiger partial charge in [-0.3, -0.25) is 0 Å². The summed E-state index contributed by atoms with van der Waals surface area (Å²) in [5, 5.41) is 0. The highest BCUT2D eigenvalue weighted by molar-refractivity contribution is 6.17. The van der Waals surface area contributed by atoms with Crippen molar-refractivity contribution in [2.45, 2.75) is 32.7 Å². The maximum atomic E-state index is 12.2. The van der Waals surface area contributed by atoms with Gasteiger partial charge in [0.2, 0.25) is 0 Å². The second-order valence-electron chi connectivity index (χ2n) is 5.49. The molecule has 1 aromatic carbocycles. The smallest absolute Gasteiger partial charge is 0.328 e. The zero-order valence-electron chi connectivity index (χ0n) is 12.7. The molecule has 2 aromatic rings. The third-order valence-electron chi connectivity index (χ3n) is 3.47. The largest absolute Gasteiger partial charge is 0.467 e. The molecule has 21 heavy (non-hydrogen) atoms. The molecular formula is C16H21ClN2O2. The van der Waals surface area contributed by atoms with Gasteiger partial charge in [-0.25, -0.2) is 9.78 Å². The first-order valence-corrected chi connectivity index (χ1v) is 7.71. The molecule has 0 saturated carbocycles. The second-order valence-corrected chi connectivity index (χ2v) is 5.87. The van der Waals surface area contributed by atoms with Crippen LogP contribution in [0.1, 0.15) is 32.1 Å². The summed E-state index contributed by atoms with van der Waals surface area (Å²) in [6.45, 7) is 4.19. The molecule has 0 amide bonds. The fourth-order valence-electron chi connectivity index (χ4n) is 2.59. The van der Waals surface area contributed by atoms with E-state index in [-0.39, 0.29) is 12.0 Å². The van der Waals surface area contributed by atoms with Crippen molar-refractivity contribution >= 4 is 28.6 Å². The van der Waals surface area contributed by atoms with Crippen molar-refractivity contribution in [2.75, 3.05) is 13.0 Å². The summed E-state index contributed by atoms with van der Waals surface area (Å²) in [5.74, 6) is 1.45. The number of fused-ring (bicyclic) bond motifs is 1. The first-order chi connectivity index (χ1) is 10.1. The Morgan fingerprint density at radius 1 is 1.38 bits per heavy atom. The quantitative estimate of drug-likeness (QED) is 0.605. The minimum absolute atomic E-state index is 0.234. The zero-order valence-corrected chi connectivity index (χ0v) is 13.4. The molecule has 1 atom stereocenters. The van der Waals surface area contributed by atoms with Crippen LogP contribution in [0, 0.1) is 5.92 Å². The first kappa shape index (κ1) is 15.8. The molecule has 0 aliphatic rings. The second kappa shape index (κ2) is 6.94. The molecule has 0 bridgehead atoms. The summed E-state index contributed by atoms with van der Waals surface area (Å²) in [7, 11) is 1.43. The number of carbonyl (C=O) groups is 1. The third-order valence-corrected chi connectivity index (χ3v) is 3.66. The molecule has 2 rings (SSSR count). The molecule has 114 valence electrons. The first-order valence-electron chi connectivity index (χ1n) is 7.18. The number of rotatable bonds is 6. The molecule has 0 radical (unpaired) electrons. The fourth-order valence-corrected chi connectivity index (χ4v) is 2.76. The van der Waals surface area contributed by atoms with E-state index in [1.807, 2.05) is 28.8 Å².